The zero-order chi connectivity index (χ0) is 17.2. The van der Waals surface area contributed by atoms with Gasteiger partial charge in [0.25, 0.3) is 0 Å². The quantitative estimate of drug-likeness (QED) is 0.585. The number of ether oxygens (including phenoxy) is 1. The van der Waals surface area contributed by atoms with E-state index in [1.807, 2.05) is 13.8 Å². The molecule has 0 N–H and O–H groups in total. The molecule has 1 heterocycles. The third-order valence-corrected chi connectivity index (χ3v) is 3.54. The molecule has 0 aromatic rings. The Morgan fingerprint density at radius 2 is 1.91 bits per heavy atom. The summed E-state index contributed by atoms with van der Waals surface area (Å²) in [5.41, 5.74) is -0.804. The minimum absolute atomic E-state index is 0.0859. The molecule has 1 aliphatic rings. The molecule has 0 radical (unpaired) electrons. The highest BCUT2D eigenvalue weighted by Gasteiger charge is 2.40. The van der Waals surface area contributed by atoms with Crippen molar-refractivity contribution in [3.63, 3.8) is 0 Å². The lowest BCUT2D eigenvalue weighted by Gasteiger charge is -2.37. The van der Waals surface area contributed by atoms with Gasteiger partial charge in [-0.25, -0.2) is 4.79 Å². The second-order valence-electron chi connectivity index (χ2n) is 6.98. The van der Waals surface area contributed by atoms with Gasteiger partial charge in [-0.2, -0.15) is 0 Å². The summed E-state index contributed by atoms with van der Waals surface area (Å²) in [4.78, 5) is 37.5. The van der Waals surface area contributed by atoms with Gasteiger partial charge in [0.05, 0.1) is 5.57 Å². The van der Waals surface area contributed by atoms with Gasteiger partial charge >= 0.3 is 6.09 Å². The van der Waals surface area contributed by atoms with Crippen LogP contribution in [0.1, 0.15) is 54.4 Å². The summed E-state index contributed by atoms with van der Waals surface area (Å²) in [6.45, 7) is 10.5. The zero-order valence-corrected chi connectivity index (χ0v) is 14.8. The predicted molar refractivity (Wildman–Crippen MR) is 84.5 cm³/mol. The molecule has 0 fully saturated rings. The van der Waals surface area contributed by atoms with Crippen molar-refractivity contribution >= 4 is 29.3 Å². The SMILES string of the molecule is CC(=O)C1=C(Cl)N(C(=O)OC(C)(C)C)C(CC(C)C)CC1=O. The predicted octanol–water partition coefficient (Wildman–Crippen LogP) is 3.65. The molecule has 1 rings (SSSR count). The fourth-order valence-electron chi connectivity index (χ4n) is 2.42. The molecular weight excluding hydrogens is 306 g/mol. The number of amides is 1. The second kappa shape index (κ2) is 6.82. The van der Waals surface area contributed by atoms with E-state index >= 15 is 0 Å². The van der Waals surface area contributed by atoms with Crippen LogP contribution in [0.15, 0.2) is 10.7 Å². The van der Waals surface area contributed by atoms with Crippen molar-refractivity contribution < 1.29 is 19.1 Å². The topological polar surface area (TPSA) is 63.7 Å². The summed E-state index contributed by atoms with van der Waals surface area (Å²) in [6.07, 6.45) is 0.0592. The highest BCUT2D eigenvalue weighted by molar-refractivity contribution is 6.37. The molecule has 5 nitrogen and oxygen atoms in total. The van der Waals surface area contributed by atoms with E-state index in [0.717, 1.165) is 0 Å². The van der Waals surface area contributed by atoms with Crippen molar-refractivity contribution in [3.8, 4) is 0 Å². The second-order valence-corrected chi connectivity index (χ2v) is 7.34. The van der Waals surface area contributed by atoms with Gasteiger partial charge in [-0.3, -0.25) is 14.5 Å². The van der Waals surface area contributed by atoms with Crippen LogP contribution >= 0.6 is 11.6 Å². The van der Waals surface area contributed by atoms with Crippen LogP contribution in [0.5, 0.6) is 0 Å². The molecule has 1 aliphatic heterocycles. The minimum atomic E-state index is -0.686. The average molecular weight is 330 g/mol. The number of Topliss-reactive ketones (excluding diaryl/α,β-unsaturated/α-hetero) is 2. The fourth-order valence-corrected chi connectivity index (χ4v) is 2.86. The average Bonchev–Trinajstić information content (AvgIpc) is 2.23. The largest absolute Gasteiger partial charge is 0.443 e. The van der Waals surface area contributed by atoms with Crippen molar-refractivity contribution in [2.75, 3.05) is 0 Å². The Morgan fingerprint density at radius 3 is 2.32 bits per heavy atom. The summed E-state index contributed by atoms with van der Waals surface area (Å²) >= 11 is 6.20. The van der Waals surface area contributed by atoms with Crippen LogP contribution in [0.2, 0.25) is 0 Å². The molecule has 0 aromatic heterocycles. The zero-order valence-electron chi connectivity index (χ0n) is 14.0. The lowest BCUT2D eigenvalue weighted by molar-refractivity contribution is -0.122. The monoisotopic (exact) mass is 329 g/mol. The Bertz CT molecular complexity index is 517. The molecular formula is C16H24ClNO4. The third kappa shape index (κ3) is 4.57. The summed E-state index contributed by atoms with van der Waals surface area (Å²) in [5, 5.41) is -0.122. The summed E-state index contributed by atoms with van der Waals surface area (Å²) in [5.74, 6) is -0.486. The van der Waals surface area contributed by atoms with Crippen molar-refractivity contribution in [2.24, 2.45) is 5.92 Å². The molecule has 6 heteroatoms. The van der Waals surface area contributed by atoms with Gasteiger partial charge in [-0.05, 0) is 40.0 Å². The Kier molecular flexibility index (Phi) is 5.79. The Labute approximate surface area is 136 Å². The van der Waals surface area contributed by atoms with Gasteiger partial charge in [0.1, 0.15) is 10.8 Å². The van der Waals surface area contributed by atoms with E-state index in [9.17, 15) is 14.4 Å². The van der Waals surface area contributed by atoms with E-state index < -0.39 is 23.5 Å². The molecule has 0 aromatic carbocycles. The van der Waals surface area contributed by atoms with Crippen LogP contribution in [-0.2, 0) is 14.3 Å². The molecule has 0 spiro atoms. The van der Waals surface area contributed by atoms with Crippen molar-refractivity contribution in [3.05, 3.63) is 10.7 Å². The van der Waals surface area contributed by atoms with E-state index in [1.165, 1.54) is 11.8 Å². The van der Waals surface area contributed by atoms with Gasteiger partial charge in [-0.1, -0.05) is 25.4 Å². The summed E-state index contributed by atoms with van der Waals surface area (Å²) in [6, 6.07) is -0.391. The van der Waals surface area contributed by atoms with E-state index in [-0.39, 0.29) is 28.9 Å². The first kappa shape index (κ1) is 18.7. The van der Waals surface area contributed by atoms with Crippen LogP contribution in [0.25, 0.3) is 0 Å². The molecule has 0 bridgehead atoms. The first-order valence-electron chi connectivity index (χ1n) is 7.40. The number of hydrogen-bond acceptors (Lipinski definition) is 4. The summed E-state index contributed by atoms with van der Waals surface area (Å²) in [7, 11) is 0. The first-order valence-corrected chi connectivity index (χ1v) is 7.78. The molecule has 22 heavy (non-hydrogen) atoms. The molecule has 1 amide bonds. The van der Waals surface area contributed by atoms with Crippen molar-refractivity contribution in [1.82, 2.24) is 4.90 Å². The van der Waals surface area contributed by atoms with Crippen molar-refractivity contribution in [1.29, 1.82) is 0 Å². The first-order chi connectivity index (χ1) is 9.94. The van der Waals surface area contributed by atoms with E-state index in [1.54, 1.807) is 20.8 Å². The molecule has 0 saturated carbocycles. The Morgan fingerprint density at radius 1 is 1.36 bits per heavy atom. The molecule has 0 aliphatic carbocycles. The molecule has 124 valence electrons. The van der Waals surface area contributed by atoms with E-state index in [4.69, 9.17) is 16.3 Å². The standard InChI is InChI=1S/C16H24ClNO4/c1-9(2)7-11-8-12(20)13(10(3)19)14(17)18(11)15(21)22-16(4,5)6/h9,11H,7-8H2,1-6H3. The smallest absolute Gasteiger partial charge is 0.415 e. The van der Waals surface area contributed by atoms with Gasteiger partial charge in [0, 0.05) is 12.5 Å². The van der Waals surface area contributed by atoms with Crippen molar-refractivity contribution in [2.45, 2.75) is 66.0 Å². The number of allylic oxidation sites excluding steroid dienone is 1. The van der Waals surface area contributed by atoms with Crippen LogP contribution in [0.3, 0.4) is 0 Å². The molecule has 1 atom stereocenters. The lowest BCUT2D eigenvalue weighted by atomic mass is 9.91. The highest BCUT2D eigenvalue weighted by Crippen LogP contribution is 2.32. The number of carbonyl (C=O) groups excluding carboxylic acids is 3. The highest BCUT2D eigenvalue weighted by atomic mass is 35.5. The maximum Gasteiger partial charge on any atom is 0.415 e. The number of ketones is 2. The van der Waals surface area contributed by atoms with E-state index in [2.05, 4.69) is 0 Å². The lowest BCUT2D eigenvalue weighted by Crippen LogP contribution is -2.47. The van der Waals surface area contributed by atoms with Crippen LogP contribution in [-0.4, -0.2) is 34.2 Å². The normalized spacial score (nSPS) is 19.7. The van der Waals surface area contributed by atoms with Gasteiger partial charge in [-0.15, -0.1) is 0 Å². The maximum atomic E-state index is 12.5. The van der Waals surface area contributed by atoms with E-state index in [0.29, 0.717) is 6.42 Å². The minimum Gasteiger partial charge on any atom is -0.443 e. The van der Waals surface area contributed by atoms with Gasteiger partial charge in [0.15, 0.2) is 11.6 Å². The van der Waals surface area contributed by atoms with Gasteiger partial charge < -0.3 is 4.74 Å². The number of carbonyl (C=O) groups is 3. The number of hydrogen-bond donors (Lipinski definition) is 0. The van der Waals surface area contributed by atoms with Gasteiger partial charge in [0.2, 0.25) is 0 Å². The van der Waals surface area contributed by atoms with Crippen LogP contribution in [0, 0.1) is 5.92 Å². The summed E-state index contributed by atoms with van der Waals surface area (Å²) < 4.78 is 5.37. The van der Waals surface area contributed by atoms with Crippen LogP contribution < -0.4 is 0 Å². The number of halogens is 1. The number of rotatable bonds is 3. The van der Waals surface area contributed by atoms with Crippen LogP contribution in [0.4, 0.5) is 4.79 Å². The molecule has 0 saturated heterocycles. The Balaban J connectivity index is 3.25. The fraction of sp³-hybridized carbons (Fsp3) is 0.688. The Hall–Kier alpha value is -1.36. The molecule has 1 unspecified atom stereocenters. The maximum absolute atomic E-state index is 12.5. The third-order valence-electron chi connectivity index (χ3n) is 3.17. The number of nitrogens with zero attached hydrogens (tertiary/aromatic N) is 1.